The zero-order chi connectivity index (χ0) is 15.7. The largest absolute Gasteiger partial charge is 0.478 e. The molecule has 0 atom stereocenters. The zero-order valence-electron chi connectivity index (χ0n) is 11.1. The first-order valence-corrected chi connectivity index (χ1v) is 6.62. The Morgan fingerprint density at radius 3 is 2.48 bits per heavy atom. The number of aromatic nitrogens is 2. The van der Waals surface area contributed by atoms with Crippen LogP contribution in [0.3, 0.4) is 0 Å². The predicted octanol–water partition coefficient (Wildman–Crippen LogP) is 3.28. The number of halogens is 2. The molecule has 0 aliphatic rings. The van der Waals surface area contributed by atoms with Crippen LogP contribution < -0.4 is 5.32 Å². The number of aromatic carboxylic acids is 1. The number of H-pyrrole nitrogens is 1. The maximum absolute atomic E-state index is 12.3. The maximum Gasteiger partial charge on any atom is 0.337 e. The number of aryl methyl sites for hydroxylation is 2. The fourth-order valence-corrected chi connectivity index (χ4v) is 2.47. The van der Waals surface area contributed by atoms with Gasteiger partial charge in [-0.2, -0.15) is 5.10 Å². The zero-order valence-corrected chi connectivity index (χ0v) is 12.6. The van der Waals surface area contributed by atoms with Crippen LogP contribution in [0.15, 0.2) is 12.1 Å². The molecule has 0 spiro atoms. The number of carbonyl (C=O) groups is 2. The minimum atomic E-state index is -1.24. The molecule has 1 amide bonds. The van der Waals surface area contributed by atoms with Gasteiger partial charge < -0.3 is 10.4 Å². The highest BCUT2D eigenvalue weighted by molar-refractivity contribution is 6.38. The van der Waals surface area contributed by atoms with Gasteiger partial charge in [0.2, 0.25) is 0 Å². The number of anilines is 1. The maximum atomic E-state index is 12.3. The Balaban J connectivity index is 2.45. The van der Waals surface area contributed by atoms with Crippen molar-refractivity contribution in [1.82, 2.24) is 10.2 Å². The Morgan fingerprint density at radius 2 is 1.95 bits per heavy atom. The second-order valence-corrected chi connectivity index (χ2v) is 5.22. The monoisotopic (exact) mass is 327 g/mol. The molecule has 1 heterocycles. The van der Waals surface area contributed by atoms with E-state index in [4.69, 9.17) is 23.2 Å². The van der Waals surface area contributed by atoms with Gasteiger partial charge in [0.1, 0.15) is 0 Å². The van der Waals surface area contributed by atoms with Crippen molar-refractivity contribution >= 4 is 40.8 Å². The number of carboxylic acid groups (broad SMARTS) is 1. The van der Waals surface area contributed by atoms with Gasteiger partial charge in [-0.05, 0) is 26.0 Å². The number of carboxylic acids is 1. The number of nitrogens with one attached hydrogen (secondary N) is 2. The molecule has 0 fully saturated rings. The van der Waals surface area contributed by atoms with E-state index >= 15 is 0 Å². The van der Waals surface area contributed by atoms with Gasteiger partial charge in [-0.3, -0.25) is 9.89 Å². The van der Waals surface area contributed by atoms with Crippen molar-refractivity contribution < 1.29 is 14.7 Å². The van der Waals surface area contributed by atoms with E-state index in [0.29, 0.717) is 17.0 Å². The molecule has 3 N–H and O–H groups in total. The first-order valence-electron chi connectivity index (χ1n) is 5.86. The SMILES string of the molecule is Cc1n[nH]c(C)c1C(=O)Nc1c(Cl)cc(Cl)cc1C(=O)O. The Kier molecular flexibility index (Phi) is 4.20. The third kappa shape index (κ3) is 3.01. The summed E-state index contributed by atoms with van der Waals surface area (Å²) in [6, 6.07) is 2.58. The van der Waals surface area contributed by atoms with Crippen LogP contribution in [0, 0.1) is 13.8 Å². The standard InChI is InChI=1S/C13H11Cl2N3O3/c1-5-10(6(2)18-17-5)12(19)16-11-8(13(20)21)3-7(14)4-9(11)15/h3-4H,1-2H3,(H,16,19)(H,17,18)(H,20,21). The summed E-state index contributed by atoms with van der Waals surface area (Å²) in [5.41, 5.74) is 1.24. The first-order chi connectivity index (χ1) is 9.81. The van der Waals surface area contributed by atoms with Gasteiger partial charge in [-0.15, -0.1) is 0 Å². The summed E-state index contributed by atoms with van der Waals surface area (Å²) in [6.45, 7) is 3.36. The normalized spacial score (nSPS) is 10.5. The van der Waals surface area contributed by atoms with Crippen LogP contribution in [0.2, 0.25) is 10.0 Å². The smallest absolute Gasteiger partial charge is 0.337 e. The number of hydrogen-bond donors (Lipinski definition) is 3. The van der Waals surface area contributed by atoms with Gasteiger partial charge in [-0.1, -0.05) is 23.2 Å². The molecule has 2 aromatic rings. The summed E-state index contributed by atoms with van der Waals surface area (Å²) >= 11 is 11.8. The van der Waals surface area contributed by atoms with Gasteiger partial charge in [0.05, 0.1) is 27.5 Å². The highest BCUT2D eigenvalue weighted by Crippen LogP contribution is 2.31. The van der Waals surface area contributed by atoms with Crippen molar-refractivity contribution in [3.8, 4) is 0 Å². The predicted molar refractivity (Wildman–Crippen MR) is 79.4 cm³/mol. The molecule has 21 heavy (non-hydrogen) atoms. The van der Waals surface area contributed by atoms with E-state index in [1.165, 1.54) is 12.1 Å². The summed E-state index contributed by atoms with van der Waals surface area (Å²) in [5.74, 6) is -1.74. The van der Waals surface area contributed by atoms with E-state index in [1.807, 2.05) is 0 Å². The fourth-order valence-electron chi connectivity index (χ4n) is 1.93. The lowest BCUT2D eigenvalue weighted by molar-refractivity contribution is 0.0698. The summed E-state index contributed by atoms with van der Waals surface area (Å²) < 4.78 is 0. The van der Waals surface area contributed by atoms with Crippen LogP contribution in [-0.4, -0.2) is 27.2 Å². The first kappa shape index (κ1) is 15.3. The van der Waals surface area contributed by atoms with Crippen molar-refractivity contribution in [3.05, 3.63) is 44.7 Å². The van der Waals surface area contributed by atoms with Gasteiger partial charge in [-0.25, -0.2) is 4.79 Å². The summed E-state index contributed by atoms with van der Waals surface area (Å²) in [6.07, 6.45) is 0. The average Bonchev–Trinajstić information content (AvgIpc) is 2.71. The van der Waals surface area contributed by atoms with Crippen LogP contribution in [0.25, 0.3) is 0 Å². The van der Waals surface area contributed by atoms with E-state index < -0.39 is 11.9 Å². The third-order valence-corrected chi connectivity index (χ3v) is 3.40. The van der Waals surface area contributed by atoms with Crippen LogP contribution in [0.5, 0.6) is 0 Å². The molecule has 0 aliphatic carbocycles. The van der Waals surface area contributed by atoms with Gasteiger partial charge in [0.15, 0.2) is 0 Å². The summed E-state index contributed by atoms with van der Waals surface area (Å²) in [5, 5.41) is 18.5. The number of hydrogen-bond acceptors (Lipinski definition) is 3. The molecule has 1 aromatic carbocycles. The van der Waals surface area contributed by atoms with E-state index in [0.717, 1.165) is 0 Å². The lowest BCUT2D eigenvalue weighted by Crippen LogP contribution is -2.16. The lowest BCUT2D eigenvalue weighted by atomic mass is 10.1. The molecule has 110 valence electrons. The van der Waals surface area contributed by atoms with Gasteiger partial charge in [0.25, 0.3) is 5.91 Å². The molecule has 0 bridgehead atoms. The summed E-state index contributed by atoms with van der Waals surface area (Å²) in [4.78, 5) is 23.5. The third-order valence-electron chi connectivity index (χ3n) is 2.88. The second kappa shape index (κ2) is 5.75. The van der Waals surface area contributed by atoms with Crippen molar-refractivity contribution in [1.29, 1.82) is 0 Å². The molecule has 0 unspecified atom stereocenters. The van der Waals surface area contributed by atoms with E-state index in [-0.39, 0.29) is 21.3 Å². The van der Waals surface area contributed by atoms with E-state index in [9.17, 15) is 14.7 Å². The van der Waals surface area contributed by atoms with Crippen LogP contribution in [0.4, 0.5) is 5.69 Å². The Hall–Kier alpha value is -2.05. The van der Waals surface area contributed by atoms with Crippen molar-refractivity contribution in [2.24, 2.45) is 0 Å². The molecule has 8 heteroatoms. The number of amides is 1. The molecule has 0 saturated carbocycles. The fraction of sp³-hybridized carbons (Fsp3) is 0.154. The summed E-state index contributed by atoms with van der Waals surface area (Å²) in [7, 11) is 0. The van der Waals surface area contributed by atoms with Crippen LogP contribution in [0.1, 0.15) is 32.1 Å². The van der Waals surface area contributed by atoms with Crippen molar-refractivity contribution in [3.63, 3.8) is 0 Å². The van der Waals surface area contributed by atoms with E-state index in [2.05, 4.69) is 15.5 Å². The van der Waals surface area contributed by atoms with Crippen molar-refractivity contribution in [2.45, 2.75) is 13.8 Å². The molecular weight excluding hydrogens is 317 g/mol. The lowest BCUT2D eigenvalue weighted by Gasteiger charge is -2.11. The van der Waals surface area contributed by atoms with Gasteiger partial charge in [0, 0.05) is 10.7 Å². The average molecular weight is 328 g/mol. The topological polar surface area (TPSA) is 95.1 Å². The van der Waals surface area contributed by atoms with E-state index in [1.54, 1.807) is 13.8 Å². The Morgan fingerprint density at radius 1 is 1.29 bits per heavy atom. The molecule has 0 saturated heterocycles. The molecule has 1 aromatic heterocycles. The molecule has 0 radical (unpaired) electrons. The minimum Gasteiger partial charge on any atom is -0.478 e. The molecule has 6 nitrogen and oxygen atoms in total. The van der Waals surface area contributed by atoms with Gasteiger partial charge >= 0.3 is 5.97 Å². The Labute approximate surface area is 130 Å². The number of nitrogens with zero attached hydrogens (tertiary/aromatic N) is 1. The molecule has 2 rings (SSSR count). The number of carbonyl (C=O) groups excluding carboxylic acids is 1. The molecular formula is C13H11Cl2N3O3. The number of aromatic amines is 1. The van der Waals surface area contributed by atoms with Crippen LogP contribution in [-0.2, 0) is 0 Å². The minimum absolute atomic E-state index is 0.00133. The highest BCUT2D eigenvalue weighted by Gasteiger charge is 2.21. The second-order valence-electron chi connectivity index (χ2n) is 4.38. The quantitative estimate of drug-likeness (QED) is 0.806. The highest BCUT2D eigenvalue weighted by atomic mass is 35.5. The number of benzene rings is 1. The van der Waals surface area contributed by atoms with Crippen molar-refractivity contribution in [2.75, 3.05) is 5.32 Å². The molecule has 0 aliphatic heterocycles. The van der Waals surface area contributed by atoms with Crippen LogP contribution >= 0.6 is 23.2 Å². The Bertz CT molecular complexity index is 721. The number of rotatable bonds is 3.